The summed E-state index contributed by atoms with van der Waals surface area (Å²) in [6.07, 6.45) is -4.14. The van der Waals surface area contributed by atoms with E-state index in [1.807, 2.05) is 29.8 Å². The zero-order valence-electron chi connectivity index (χ0n) is 59.4. The molecule has 19 N–H and O–H groups in total. The van der Waals surface area contributed by atoms with E-state index in [1.54, 1.807) is 19.1 Å². The third kappa shape index (κ3) is 35.4. The summed E-state index contributed by atoms with van der Waals surface area (Å²) in [6, 6.07) is 5.08. The number of sulfonamides is 2. The van der Waals surface area contributed by atoms with Crippen LogP contribution >= 0.6 is 33.3 Å². The summed E-state index contributed by atoms with van der Waals surface area (Å²) >= 11 is 1.30. The average molecular weight is 1640 g/mol. The molecule has 3 aromatic carbocycles. The molecule has 604 valence electrons. The highest BCUT2D eigenvalue weighted by Crippen LogP contribution is 2.27. The van der Waals surface area contributed by atoms with Crippen LogP contribution in [0.25, 0.3) is 0 Å². The van der Waals surface area contributed by atoms with Crippen molar-refractivity contribution >= 4 is 159 Å². The molecule has 0 bridgehead atoms. The summed E-state index contributed by atoms with van der Waals surface area (Å²) in [5.41, 5.74) is 5.11. The number of carboxylic acids is 5. The Hall–Kier alpha value is -10.2. The molecule has 0 saturated carbocycles. The van der Waals surface area contributed by atoms with Gasteiger partial charge in [0, 0.05) is 60.6 Å². The number of anilines is 2. The minimum absolute atomic E-state index is 0.00286. The zero-order valence-corrected chi connectivity index (χ0v) is 63.5. The highest BCUT2D eigenvalue weighted by atomic mass is 33.1. The summed E-state index contributed by atoms with van der Waals surface area (Å²) in [6.45, 7) is 2.36. The standard InChI is InChI=1S/C64H86N14O27S5/c1-34(2)5-18-49(105-36(4)79)62-74-47(32-106-62)61(96)69-40(24-37-6-12-41(80)13-7-37)23-35(3)57(92)75-76-64(99)104-21-22-107-108-33-48(63(97)98)73-60(95)46(27-55(88)89)72-59(94)45(26-54(86)87)71-58(93)44(25-53(84)85)70-52(83)30-77(28-50(81)67-38-8-14-42(15-9-38)109(65,100)101)19-20-78(31-56(90)91)29-51(82)68-39-10-16-43(17-11-39)110(66,102)103/h6-17,34-35,40,44-49,80H,5,18-33H2,1-4H3,(H,67,81)(H,68,82)(H,69,96)(H,70,83)(H,71,93)(H,72,94)(H,73,95)(H,75,92)(H,76,99)(H,84,85)(H,86,87)(H,88,89)(H,90,91)(H,97,98)(H2,65,100,101)(H2,66,102,103)/t35-,40+,44-,45-,46-,47?,48-,49+/m0/s1. The molecule has 1 unspecified atom stereocenters. The van der Waals surface area contributed by atoms with Crippen molar-refractivity contribution in [2.45, 2.75) is 125 Å². The van der Waals surface area contributed by atoms with Gasteiger partial charge in [-0.2, -0.15) is 0 Å². The molecule has 0 aromatic heterocycles. The number of hydrazine groups is 1. The second kappa shape index (κ2) is 45.0. The predicted molar refractivity (Wildman–Crippen MR) is 394 cm³/mol. The number of rotatable bonds is 47. The van der Waals surface area contributed by atoms with Crippen LogP contribution in [0.15, 0.2) is 87.6 Å². The molecule has 1 heterocycles. The van der Waals surface area contributed by atoms with Crippen LogP contribution in [0.2, 0.25) is 0 Å². The van der Waals surface area contributed by atoms with E-state index in [0.29, 0.717) is 22.9 Å². The lowest BCUT2D eigenvalue weighted by Crippen LogP contribution is -2.59. The first-order chi connectivity index (χ1) is 51.5. The third-order valence-corrected chi connectivity index (χ3v) is 20.6. The molecule has 0 fully saturated rings. The largest absolute Gasteiger partial charge is 0.508 e. The fourth-order valence-corrected chi connectivity index (χ4v) is 14.0. The number of carbonyl (C=O) groups excluding carboxylic acids is 10. The summed E-state index contributed by atoms with van der Waals surface area (Å²) in [5.74, 6) is -18.5. The number of carbonyl (C=O) groups is 15. The van der Waals surface area contributed by atoms with Crippen molar-refractivity contribution in [3.05, 3.63) is 78.4 Å². The number of primary sulfonamides is 2. The summed E-state index contributed by atoms with van der Waals surface area (Å²) in [7, 11) is -6.57. The maximum atomic E-state index is 13.8. The van der Waals surface area contributed by atoms with Crippen LogP contribution in [0.4, 0.5) is 16.2 Å². The summed E-state index contributed by atoms with van der Waals surface area (Å²) in [5, 5.41) is 85.4. The molecule has 41 nitrogen and oxygen atoms in total. The highest BCUT2D eigenvalue weighted by molar-refractivity contribution is 8.76. The lowest BCUT2D eigenvalue weighted by Gasteiger charge is -2.27. The number of thioether (sulfide) groups is 1. The van der Waals surface area contributed by atoms with Gasteiger partial charge in [0.2, 0.25) is 67.3 Å². The van der Waals surface area contributed by atoms with E-state index < -0.39 is 222 Å². The smallest absolute Gasteiger partial charge is 0.426 e. The van der Waals surface area contributed by atoms with Gasteiger partial charge in [-0.25, -0.2) is 42.1 Å². The topological polar surface area (TPSA) is 643 Å². The van der Waals surface area contributed by atoms with Crippen LogP contribution in [0.5, 0.6) is 5.75 Å². The monoisotopic (exact) mass is 1640 g/mol. The quantitative estimate of drug-likeness (QED) is 0.0128. The maximum absolute atomic E-state index is 13.8. The zero-order chi connectivity index (χ0) is 82.2. The fourth-order valence-electron chi connectivity index (χ4n) is 9.93. The third-order valence-electron chi connectivity index (χ3n) is 15.2. The minimum atomic E-state index is -4.18. The lowest BCUT2D eigenvalue weighted by molar-refractivity contribution is -0.145. The SMILES string of the molecule is CC(=O)O[C@H](CCC(C)C)C1=NC(C(=O)N[C@@H](Cc2ccc(O)cc2)C[C@H](C)C(=O)NNC(=O)OCCSSC[C@H](NC(=O)[C@H](CC(=O)O)NC(=O)[C@H](CC(=O)O)NC(=O)[C@H](CC(=O)O)NC(=O)CN(CCN(CC(=O)O)CC(=O)Nc2ccc(S(N)(=O)=O)cc2)CC(=O)Nc2ccc(S(N)(=O)=O)cc2)C(=O)O)CS1. The van der Waals surface area contributed by atoms with Gasteiger partial charge in [0.15, 0.2) is 0 Å². The second-order valence-electron chi connectivity index (χ2n) is 24.9. The molecule has 110 heavy (non-hydrogen) atoms. The molecule has 0 radical (unpaired) electrons. The first kappa shape index (κ1) is 92.2. The molecule has 0 saturated heterocycles. The molecule has 9 amide bonds. The number of nitrogens with zero attached hydrogens (tertiary/aromatic N) is 3. The Bertz CT molecular complexity index is 4070. The second-order valence-corrected chi connectivity index (χ2v) is 31.7. The van der Waals surface area contributed by atoms with Gasteiger partial charge in [0.05, 0.1) is 55.2 Å². The molecule has 0 aliphatic carbocycles. The van der Waals surface area contributed by atoms with Crippen molar-refractivity contribution < 1.29 is 129 Å². The predicted octanol–water partition coefficient (Wildman–Crippen LogP) is -1.83. The van der Waals surface area contributed by atoms with Gasteiger partial charge in [-0.05, 0) is 97.8 Å². The number of aromatic hydroxyl groups is 1. The number of aliphatic carboxylic acids is 5. The Labute approximate surface area is 641 Å². The van der Waals surface area contributed by atoms with Gasteiger partial charge < -0.3 is 77.3 Å². The van der Waals surface area contributed by atoms with Gasteiger partial charge in [0.25, 0.3) is 0 Å². The van der Waals surface area contributed by atoms with Crippen molar-refractivity contribution in [2.24, 2.45) is 27.1 Å². The molecule has 0 spiro atoms. The number of hydrogen-bond acceptors (Lipinski definition) is 28. The number of nitrogens with two attached hydrogens (primary N) is 2. The number of amides is 9. The van der Waals surface area contributed by atoms with Crippen LogP contribution < -0.4 is 58.3 Å². The first-order valence-corrected chi connectivity index (χ1v) is 39.6. The van der Waals surface area contributed by atoms with E-state index >= 15 is 0 Å². The fraction of sp³-hybridized carbons (Fsp3) is 0.469. The molecule has 1 aliphatic rings. The van der Waals surface area contributed by atoms with E-state index in [9.17, 15) is 119 Å². The Kier molecular flexibility index (Phi) is 37.7. The van der Waals surface area contributed by atoms with Crippen LogP contribution in [-0.2, 0) is 103 Å². The van der Waals surface area contributed by atoms with Crippen molar-refractivity contribution in [1.29, 1.82) is 0 Å². The number of benzene rings is 3. The van der Waals surface area contributed by atoms with Crippen molar-refractivity contribution in [1.82, 2.24) is 47.2 Å². The number of esters is 1. The number of aliphatic imine (C=N–C) groups is 1. The van der Waals surface area contributed by atoms with Gasteiger partial charge in [-0.3, -0.25) is 82.5 Å². The first-order valence-electron chi connectivity index (χ1n) is 33.1. The highest BCUT2D eigenvalue weighted by Gasteiger charge is 2.36. The Morgan fingerprint density at radius 2 is 1.05 bits per heavy atom. The van der Waals surface area contributed by atoms with Crippen LogP contribution in [0.1, 0.15) is 71.8 Å². The Morgan fingerprint density at radius 3 is 1.51 bits per heavy atom. The number of phenols is 1. The number of hydrogen-bond donors (Lipinski definition) is 17. The number of phenolic OH excluding ortho intramolecular Hbond substituents is 1. The van der Waals surface area contributed by atoms with Gasteiger partial charge >= 0.3 is 41.9 Å². The van der Waals surface area contributed by atoms with E-state index in [2.05, 4.69) is 37.1 Å². The van der Waals surface area contributed by atoms with E-state index in [-0.39, 0.29) is 57.9 Å². The Balaban J connectivity index is 1.36. The number of ether oxygens (including phenoxy) is 2. The summed E-state index contributed by atoms with van der Waals surface area (Å²) in [4.78, 5) is 199. The van der Waals surface area contributed by atoms with Crippen LogP contribution in [0, 0.1) is 11.8 Å². The molecule has 8 atom stereocenters. The molecule has 46 heteroatoms. The van der Waals surface area contributed by atoms with Gasteiger partial charge in [0.1, 0.15) is 53.7 Å². The van der Waals surface area contributed by atoms with Gasteiger partial charge in [-0.15, -0.1) is 11.8 Å². The Morgan fingerprint density at radius 1 is 0.582 bits per heavy atom. The molecular weight excluding hydrogens is 1560 g/mol. The van der Waals surface area contributed by atoms with Crippen LogP contribution in [0.3, 0.4) is 0 Å². The molecule has 3 aromatic rings. The number of carboxylic acid groups (broad SMARTS) is 5. The summed E-state index contributed by atoms with van der Waals surface area (Å²) < 4.78 is 57.6. The van der Waals surface area contributed by atoms with Crippen molar-refractivity contribution in [3.8, 4) is 5.75 Å². The lowest BCUT2D eigenvalue weighted by atomic mass is 9.95. The van der Waals surface area contributed by atoms with Crippen LogP contribution in [-0.4, -0.2) is 257 Å². The molecule has 1 aliphatic heterocycles. The van der Waals surface area contributed by atoms with E-state index in [1.165, 1.54) is 43.0 Å². The van der Waals surface area contributed by atoms with Gasteiger partial charge in [-0.1, -0.05) is 54.5 Å². The maximum Gasteiger partial charge on any atom is 0.426 e. The molecule has 4 rings (SSSR count). The average Bonchev–Trinajstić information content (AvgIpc) is 1.35. The van der Waals surface area contributed by atoms with Crippen molar-refractivity contribution in [2.75, 3.05) is 73.8 Å². The van der Waals surface area contributed by atoms with Crippen molar-refractivity contribution in [3.63, 3.8) is 0 Å². The minimum Gasteiger partial charge on any atom is -0.508 e. The molecular formula is C64H86N14O27S5. The normalized spacial score (nSPS) is 14.6. The number of nitrogens with one attached hydrogen (secondary N) is 9. The van der Waals surface area contributed by atoms with E-state index in [0.717, 1.165) is 74.2 Å². The van der Waals surface area contributed by atoms with E-state index in [4.69, 9.17) is 19.8 Å².